The monoisotopic (exact) mass is 311 g/mol. The van der Waals surface area contributed by atoms with Crippen LogP contribution in [-0.2, 0) is 10.0 Å². The smallest absolute Gasteiger partial charge is 0.246 e. The Hall–Kier alpha value is -1.12. The minimum atomic E-state index is -4.52. The van der Waals surface area contributed by atoms with E-state index in [1.165, 1.54) is 0 Å². The number of hydrogen-bond acceptors (Lipinski definition) is 3. The van der Waals surface area contributed by atoms with Crippen LogP contribution in [-0.4, -0.2) is 26.2 Å². The fourth-order valence-corrected chi connectivity index (χ4v) is 3.15. The molecule has 0 bridgehead atoms. The maximum atomic E-state index is 13.5. The molecule has 4 nitrogen and oxygen atoms in total. The van der Waals surface area contributed by atoms with Gasteiger partial charge in [-0.05, 0) is 12.3 Å². The summed E-state index contributed by atoms with van der Waals surface area (Å²) < 4.78 is 65.5. The van der Waals surface area contributed by atoms with Gasteiger partial charge in [0.05, 0.1) is 6.61 Å². The van der Waals surface area contributed by atoms with Crippen LogP contribution in [0.25, 0.3) is 0 Å². The molecule has 2 N–H and O–H groups in total. The number of aliphatic hydroxyl groups excluding tert-OH is 1. The van der Waals surface area contributed by atoms with E-state index in [-0.39, 0.29) is 18.1 Å². The molecule has 0 heterocycles. The molecule has 1 rings (SSSR count). The molecule has 1 aromatic rings. The number of sulfonamides is 1. The lowest BCUT2D eigenvalue weighted by molar-refractivity contribution is 0.239. The zero-order chi connectivity index (χ0) is 15.5. The van der Waals surface area contributed by atoms with E-state index in [0.717, 1.165) is 0 Å². The summed E-state index contributed by atoms with van der Waals surface area (Å²) >= 11 is 0. The third-order valence-corrected chi connectivity index (χ3v) is 4.10. The Bertz CT molecular complexity index is 552. The molecule has 0 aliphatic rings. The van der Waals surface area contributed by atoms with Crippen LogP contribution in [0.5, 0.6) is 0 Å². The van der Waals surface area contributed by atoms with Crippen molar-refractivity contribution in [2.75, 3.05) is 6.61 Å². The van der Waals surface area contributed by atoms with E-state index in [9.17, 15) is 21.6 Å². The Morgan fingerprint density at radius 2 is 1.70 bits per heavy atom. The van der Waals surface area contributed by atoms with Crippen molar-refractivity contribution >= 4 is 10.0 Å². The second kappa shape index (κ2) is 6.55. The summed E-state index contributed by atoms with van der Waals surface area (Å²) in [6.45, 7) is 3.09. The first kappa shape index (κ1) is 16.9. The first-order chi connectivity index (χ1) is 9.17. The summed E-state index contributed by atoms with van der Waals surface area (Å²) in [4.78, 5) is -1.25. The van der Waals surface area contributed by atoms with Gasteiger partial charge in [0.25, 0.3) is 0 Å². The molecule has 0 fully saturated rings. The lowest BCUT2D eigenvalue weighted by Gasteiger charge is -2.18. The average Bonchev–Trinajstić information content (AvgIpc) is 2.24. The standard InChI is InChI=1S/C12H16F3NO3S/c1-7(2)3-9(6-17)16-20(18,19)12-10(14)4-8(13)5-11(12)15/h4-5,7,9,16-17H,3,6H2,1-2H3. The molecule has 1 unspecified atom stereocenters. The van der Waals surface area contributed by atoms with Crippen molar-refractivity contribution in [3.8, 4) is 0 Å². The summed E-state index contributed by atoms with van der Waals surface area (Å²) in [5.74, 6) is -4.18. The quantitative estimate of drug-likeness (QED) is 0.842. The van der Waals surface area contributed by atoms with Crippen LogP contribution < -0.4 is 4.72 Å². The van der Waals surface area contributed by atoms with Crippen LogP contribution in [0.2, 0.25) is 0 Å². The first-order valence-electron chi connectivity index (χ1n) is 5.95. The molecule has 1 aromatic carbocycles. The molecule has 1 atom stereocenters. The lowest BCUT2D eigenvalue weighted by atomic mass is 10.1. The minimum absolute atomic E-state index is 0.0674. The molecule has 0 spiro atoms. The zero-order valence-electron chi connectivity index (χ0n) is 11.0. The number of rotatable bonds is 6. The van der Waals surface area contributed by atoms with Crippen LogP contribution in [0, 0.1) is 23.4 Å². The van der Waals surface area contributed by atoms with E-state index in [1.54, 1.807) is 13.8 Å². The summed E-state index contributed by atoms with van der Waals surface area (Å²) in [5, 5.41) is 9.09. The van der Waals surface area contributed by atoms with E-state index >= 15 is 0 Å². The molecule has 0 radical (unpaired) electrons. The van der Waals surface area contributed by atoms with Gasteiger partial charge in [-0.2, -0.15) is 0 Å². The minimum Gasteiger partial charge on any atom is -0.395 e. The topological polar surface area (TPSA) is 66.4 Å². The Labute approximate surface area is 115 Å². The molecule has 0 saturated carbocycles. The van der Waals surface area contributed by atoms with Crippen LogP contribution in [0.15, 0.2) is 17.0 Å². The van der Waals surface area contributed by atoms with E-state index < -0.39 is 45.0 Å². The predicted molar refractivity (Wildman–Crippen MR) is 67.0 cm³/mol. The van der Waals surface area contributed by atoms with Crippen LogP contribution >= 0.6 is 0 Å². The maximum absolute atomic E-state index is 13.5. The van der Waals surface area contributed by atoms with Crippen molar-refractivity contribution in [2.45, 2.75) is 31.2 Å². The lowest BCUT2D eigenvalue weighted by Crippen LogP contribution is -2.39. The van der Waals surface area contributed by atoms with Gasteiger partial charge < -0.3 is 5.11 Å². The number of nitrogens with one attached hydrogen (secondary N) is 1. The Balaban J connectivity index is 3.11. The summed E-state index contributed by atoms with van der Waals surface area (Å²) in [6, 6.07) is -0.300. The third kappa shape index (κ3) is 4.19. The molecule has 8 heteroatoms. The van der Waals surface area contributed by atoms with E-state index in [0.29, 0.717) is 6.42 Å². The molecular weight excluding hydrogens is 295 g/mol. The van der Waals surface area contributed by atoms with Gasteiger partial charge >= 0.3 is 0 Å². The Kier molecular flexibility index (Phi) is 5.55. The Morgan fingerprint density at radius 1 is 1.20 bits per heavy atom. The van der Waals surface area contributed by atoms with Gasteiger partial charge in [0.15, 0.2) is 4.90 Å². The second-order valence-corrected chi connectivity index (χ2v) is 6.48. The van der Waals surface area contributed by atoms with Crippen molar-refractivity contribution in [2.24, 2.45) is 5.92 Å². The van der Waals surface area contributed by atoms with Gasteiger partial charge in [0, 0.05) is 18.2 Å². The van der Waals surface area contributed by atoms with Gasteiger partial charge in [-0.1, -0.05) is 13.8 Å². The summed E-state index contributed by atoms with van der Waals surface area (Å²) in [7, 11) is -4.52. The van der Waals surface area contributed by atoms with Crippen LogP contribution in [0.4, 0.5) is 13.2 Å². The van der Waals surface area contributed by atoms with Crippen molar-refractivity contribution < 1.29 is 26.7 Å². The van der Waals surface area contributed by atoms with E-state index in [1.807, 2.05) is 4.72 Å². The molecule has 0 amide bonds. The van der Waals surface area contributed by atoms with Crippen LogP contribution in [0.1, 0.15) is 20.3 Å². The Morgan fingerprint density at radius 3 is 2.10 bits per heavy atom. The summed E-state index contributed by atoms with van der Waals surface area (Å²) in [5.41, 5.74) is 0. The highest BCUT2D eigenvalue weighted by molar-refractivity contribution is 7.89. The fourth-order valence-electron chi connectivity index (χ4n) is 1.79. The highest BCUT2D eigenvalue weighted by atomic mass is 32.2. The molecule has 114 valence electrons. The molecule has 0 aliphatic heterocycles. The third-order valence-electron chi connectivity index (χ3n) is 2.53. The largest absolute Gasteiger partial charge is 0.395 e. The number of halogens is 3. The van der Waals surface area contributed by atoms with Gasteiger partial charge in [0.2, 0.25) is 10.0 Å². The van der Waals surface area contributed by atoms with Crippen molar-refractivity contribution in [3.05, 3.63) is 29.6 Å². The van der Waals surface area contributed by atoms with Crippen LogP contribution in [0.3, 0.4) is 0 Å². The number of benzene rings is 1. The van der Waals surface area contributed by atoms with E-state index in [4.69, 9.17) is 5.11 Å². The fraction of sp³-hybridized carbons (Fsp3) is 0.500. The SMILES string of the molecule is CC(C)CC(CO)NS(=O)(=O)c1c(F)cc(F)cc1F. The number of aliphatic hydroxyl groups is 1. The number of hydrogen-bond donors (Lipinski definition) is 2. The van der Waals surface area contributed by atoms with Crippen molar-refractivity contribution in [3.63, 3.8) is 0 Å². The average molecular weight is 311 g/mol. The summed E-state index contributed by atoms with van der Waals surface area (Å²) in [6.07, 6.45) is 0.292. The molecule has 0 saturated heterocycles. The predicted octanol–water partition coefficient (Wildman–Crippen LogP) is 1.79. The molecule has 0 aromatic heterocycles. The molecular formula is C12H16F3NO3S. The first-order valence-corrected chi connectivity index (χ1v) is 7.43. The van der Waals surface area contributed by atoms with Gasteiger partial charge in [-0.25, -0.2) is 26.3 Å². The van der Waals surface area contributed by atoms with Gasteiger partial charge in [0.1, 0.15) is 17.5 Å². The van der Waals surface area contributed by atoms with Crippen molar-refractivity contribution in [1.82, 2.24) is 4.72 Å². The molecule has 0 aliphatic carbocycles. The van der Waals surface area contributed by atoms with E-state index in [2.05, 4.69) is 0 Å². The normalized spacial score (nSPS) is 13.8. The van der Waals surface area contributed by atoms with Gasteiger partial charge in [-0.15, -0.1) is 0 Å². The molecule has 20 heavy (non-hydrogen) atoms. The van der Waals surface area contributed by atoms with Crippen molar-refractivity contribution in [1.29, 1.82) is 0 Å². The van der Waals surface area contributed by atoms with Gasteiger partial charge in [-0.3, -0.25) is 0 Å². The highest BCUT2D eigenvalue weighted by Gasteiger charge is 2.27. The highest BCUT2D eigenvalue weighted by Crippen LogP contribution is 2.20. The zero-order valence-corrected chi connectivity index (χ0v) is 11.8. The maximum Gasteiger partial charge on any atom is 0.246 e. The second-order valence-electron chi connectivity index (χ2n) is 4.83.